The minimum absolute atomic E-state index is 0.286. The summed E-state index contributed by atoms with van der Waals surface area (Å²) in [6.07, 6.45) is 1.41. The molecule has 0 unspecified atom stereocenters. The number of rotatable bonds is 7. The summed E-state index contributed by atoms with van der Waals surface area (Å²) >= 11 is 5.66. The summed E-state index contributed by atoms with van der Waals surface area (Å²) in [6, 6.07) is 16.6. The maximum atomic E-state index is 12.2. The molecule has 2 aromatic carbocycles. The third-order valence-electron chi connectivity index (χ3n) is 3.17. The van der Waals surface area contributed by atoms with Crippen LogP contribution in [0.3, 0.4) is 0 Å². The molecule has 1 N–H and O–H groups in total. The van der Waals surface area contributed by atoms with Crippen LogP contribution in [0.5, 0.6) is 0 Å². The third-order valence-corrected chi connectivity index (χ3v) is 4.83. The molecular formula is C16H18ClNO2S. The monoisotopic (exact) mass is 323 g/mol. The maximum Gasteiger partial charge on any atom is 0.240 e. The van der Waals surface area contributed by atoms with Crippen molar-refractivity contribution in [3.05, 3.63) is 65.7 Å². The van der Waals surface area contributed by atoms with E-state index >= 15 is 0 Å². The molecule has 0 atom stereocenters. The van der Waals surface area contributed by atoms with E-state index in [1.165, 1.54) is 0 Å². The molecule has 0 bridgehead atoms. The van der Waals surface area contributed by atoms with Gasteiger partial charge in [0.15, 0.2) is 0 Å². The predicted molar refractivity (Wildman–Crippen MR) is 86.2 cm³/mol. The van der Waals surface area contributed by atoms with E-state index in [2.05, 4.69) is 4.72 Å². The van der Waals surface area contributed by atoms with E-state index in [9.17, 15) is 8.42 Å². The number of nitrogens with one attached hydrogen (secondary N) is 1. The van der Waals surface area contributed by atoms with Crippen molar-refractivity contribution < 1.29 is 8.42 Å². The molecule has 0 spiro atoms. The highest BCUT2D eigenvalue weighted by Crippen LogP contribution is 2.11. The molecule has 2 rings (SSSR count). The van der Waals surface area contributed by atoms with Crippen LogP contribution in [0.15, 0.2) is 59.5 Å². The zero-order chi connectivity index (χ0) is 15.1. The highest BCUT2D eigenvalue weighted by molar-refractivity contribution is 7.89. The van der Waals surface area contributed by atoms with E-state index in [1.807, 2.05) is 30.3 Å². The fourth-order valence-electron chi connectivity index (χ4n) is 2.00. The second-order valence-electron chi connectivity index (χ2n) is 4.72. The van der Waals surface area contributed by atoms with Crippen LogP contribution in [0.1, 0.15) is 11.1 Å². The quantitative estimate of drug-likeness (QED) is 0.796. The molecular weight excluding hydrogens is 306 g/mol. The van der Waals surface area contributed by atoms with E-state index in [0.717, 1.165) is 17.5 Å². The molecule has 5 heteroatoms. The van der Waals surface area contributed by atoms with E-state index in [4.69, 9.17) is 11.6 Å². The van der Waals surface area contributed by atoms with Crippen molar-refractivity contribution in [1.82, 2.24) is 4.72 Å². The normalized spacial score (nSPS) is 11.5. The Bertz CT molecular complexity index is 654. The van der Waals surface area contributed by atoms with Crippen LogP contribution in [0.4, 0.5) is 0 Å². The first kappa shape index (κ1) is 16.0. The Morgan fingerprint density at radius 3 is 2.10 bits per heavy atom. The van der Waals surface area contributed by atoms with Crippen molar-refractivity contribution in [1.29, 1.82) is 0 Å². The first-order chi connectivity index (χ1) is 10.1. The van der Waals surface area contributed by atoms with E-state index in [0.29, 0.717) is 18.8 Å². The summed E-state index contributed by atoms with van der Waals surface area (Å²) in [5.41, 5.74) is 2.14. The Balaban J connectivity index is 1.95. The van der Waals surface area contributed by atoms with Gasteiger partial charge in [-0.1, -0.05) is 42.5 Å². The highest BCUT2D eigenvalue weighted by atomic mass is 35.5. The number of halogens is 1. The summed E-state index contributed by atoms with van der Waals surface area (Å²) in [6.45, 7) is 0.385. The molecule has 0 aliphatic rings. The van der Waals surface area contributed by atoms with Gasteiger partial charge in [-0.3, -0.25) is 0 Å². The van der Waals surface area contributed by atoms with E-state index in [-0.39, 0.29) is 4.90 Å². The number of sulfonamides is 1. The zero-order valence-electron chi connectivity index (χ0n) is 11.6. The number of alkyl halides is 1. The Morgan fingerprint density at radius 1 is 0.857 bits per heavy atom. The van der Waals surface area contributed by atoms with Crippen molar-refractivity contribution in [2.75, 3.05) is 12.4 Å². The maximum absolute atomic E-state index is 12.2. The second kappa shape index (κ2) is 7.59. The molecule has 0 amide bonds. The van der Waals surface area contributed by atoms with E-state index < -0.39 is 10.0 Å². The summed E-state index contributed by atoms with van der Waals surface area (Å²) < 4.78 is 26.9. The van der Waals surface area contributed by atoms with Gasteiger partial charge in [0.1, 0.15) is 0 Å². The molecule has 21 heavy (non-hydrogen) atoms. The molecule has 3 nitrogen and oxygen atoms in total. The van der Waals surface area contributed by atoms with Crippen LogP contribution in [0, 0.1) is 0 Å². The van der Waals surface area contributed by atoms with Crippen LogP contribution >= 0.6 is 11.6 Å². The zero-order valence-corrected chi connectivity index (χ0v) is 13.2. The largest absolute Gasteiger partial charge is 0.240 e. The lowest BCUT2D eigenvalue weighted by atomic mass is 10.2. The fraction of sp³-hybridized carbons (Fsp3) is 0.250. The van der Waals surface area contributed by atoms with Crippen molar-refractivity contribution in [3.63, 3.8) is 0 Å². The van der Waals surface area contributed by atoms with Gasteiger partial charge >= 0.3 is 0 Å². The van der Waals surface area contributed by atoms with Gasteiger partial charge < -0.3 is 0 Å². The Morgan fingerprint density at radius 2 is 1.48 bits per heavy atom. The molecule has 0 aliphatic heterocycles. The fourth-order valence-corrected chi connectivity index (χ4v) is 3.25. The van der Waals surface area contributed by atoms with Gasteiger partial charge in [0.25, 0.3) is 0 Å². The van der Waals surface area contributed by atoms with Gasteiger partial charge in [0, 0.05) is 12.4 Å². The highest BCUT2D eigenvalue weighted by Gasteiger charge is 2.12. The lowest BCUT2D eigenvalue weighted by Crippen LogP contribution is -2.26. The molecule has 0 aromatic heterocycles. The third kappa shape index (κ3) is 4.84. The van der Waals surface area contributed by atoms with Crippen molar-refractivity contribution in [2.24, 2.45) is 0 Å². The van der Waals surface area contributed by atoms with Crippen molar-refractivity contribution in [3.8, 4) is 0 Å². The second-order valence-corrected chi connectivity index (χ2v) is 6.86. The minimum Gasteiger partial charge on any atom is -0.211 e. The van der Waals surface area contributed by atoms with Gasteiger partial charge in [-0.25, -0.2) is 13.1 Å². The molecule has 0 saturated carbocycles. The molecule has 0 heterocycles. The summed E-state index contributed by atoms with van der Waals surface area (Å²) in [4.78, 5) is 0.286. The Labute approximate surface area is 131 Å². The standard InChI is InChI=1S/C16H18ClNO2S/c17-12-10-15-6-8-16(9-7-15)21(19,20)18-13-11-14-4-2-1-3-5-14/h1-9,18H,10-13H2. The lowest BCUT2D eigenvalue weighted by molar-refractivity contribution is 0.581. The molecule has 0 saturated heterocycles. The average Bonchev–Trinajstić information content (AvgIpc) is 2.49. The topological polar surface area (TPSA) is 46.2 Å². The van der Waals surface area contributed by atoms with Crippen LogP contribution < -0.4 is 4.72 Å². The molecule has 112 valence electrons. The minimum atomic E-state index is -3.45. The Hall–Kier alpha value is -1.36. The van der Waals surface area contributed by atoms with Gasteiger partial charge in [-0.05, 0) is 36.1 Å². The van der Waals surface area contributed by atoms with Crippen LogP contribution in [0.25, 0.3) is 0 Å². The smallest absolute Gasteiger partial charge is 0.211 e. The van der Waals surface area contributed by atoms with Crippen LogP contribution in [0.2, 0.25) is 0 Å². The SMILES string of the molecule is O=S(=O)(NCCc1ccccc1)c1ccc(CCCl)cc1. The predicted octanol–water partition coefficient (Wildman–Crippen LogP) is 2.99. The number of hydrogen-bond donors (Lipinski definition) is 1. The van der Waals surface area contributed by atoms with Gasteiger partial charge in [0.05, 0.1) is 4.90 Å². The van der Waals surface area contributed by atoms with Crippen molar-refractivity contribution >= 4 is 21.6 Å². The molecule has 0 radical (unpaired) electrons. The summed E-state index contributed by atoms with van der Waals surface area (Å²) in [5, 5.41) is 0. The molecule has 2 aromatic rings. The first-order valence-corrected chi connectivity index (χ1v) is 8.82. The average molecular weight is 324 g/mol. The number of hydrogen-bond acceptors (Lipinski definition) is 2. The van der Waals surface area contributed by atoms with Gasteiger partial charge in [0.2, 0.25) is 10.0 Å². The molecule has 0 fully saturated rings. The van der Waals surface area contributed by atoms with E-state index in [1.54, 1.807) is 24.3 Å². The number of benzene rings is 2. The summed E-state index contributed by atoms with van der Waals surface area (Å²) in [5.74, 6) is 0.529. The van der Waals surface area contributed by atoms with Gasteiger partial charge in [-0.15, -0.1) is 11.6 Å². The van der Waals surface area contributed by atoms with Crippen LogP contribution in [-0.4, -0.2) is 20.8 Å². The van der Waals surface area contributed by atoms with Crippen molar-refractivity contribution in [2.45, 2.75) is 17.7 Å². The summed E-state index contributed by atoms with van der Waals surface area (Å²) in [7, 11) is -3.45. The lowest BCUT2D eigenvalue weighted by Gasteiger charge is -2.07. The Kier molecular flexibility index (Phi) is 5.79. The first-order valence-electron chi connectivity index (χ1n) is 6.80. The van der Waals surface area contributed by atoms with Crippen LogP contribution in [-0.2, 0) is 22.9 Å². The van der Waals surface area contributed by atoms with Gasteiger partial charge in [-0.2, -0.15) is 0 Å². The molecule has 0 aliphatic carbocycles. The number of aryl methyl sites for hydroxylation is 1.